The Balaban J connectivity index is 2.82. The Morgan fingerprint density at radius 2 is 2.06 bits per heavy atom. The lowest BCUT2D eigenvalue weighted by molar-refractivity contribution is -0.115. The summed E-state index contributed by atoms with van der Waals surface area (Å²) in [5.41, 5.74) is 6.13. The first kappa shape index (κ1) is 13.7. The number of benzene rings is 1. The van der Waals surface area contributed by atoms with Gasteiger partial charge >= 0.3 is 0 Å². The summed E-state index contributed by atoms with van der Waals surface area (Å²) in [5, 5.41) is 5.23. The monoisotopic (exact) mass is 245 g/mol. The second-order valence-corrected chi connectivity index (χ2v) is 3.52. The van der Waals surface area contributed by atoms with Crippen LogP contribution < -0.4 is 16.4 Å². The number of carbonyl (C=O) groups is 2. The molecule has 0 bridgehead atoms. The maximum Gasteiger partial charge on any atom is 0.253 e. The molecular formula is C13H15N3O2. The van der Waals surface area contributed by atoms with Gasteiger partial charge in [0, 0.05) is 13.1 Å². The van der Waals surface area contributed by atoms with Crippen molar-refractivity contribution < 1.29 is 9.59 Å². The molecule has 0 aliphatic heterocycles. The minimum absolute atomic E-state index is 0.0290. The van der Waals surface area contributed by atoms with E-state index in [0.717, 1.165) is 0 Å². The fourth-order valence-electron chi connectivity index (χ4n) is 1.36. The third kappa shape index (κ3) is 3.92. The molecule has 2 amide bonds. The fourth-order valence-corrected chi connectivity index (χ4v) is 1.36. The van der Waals surface area contributed by atoms with Crippen LogP contribution in [0, 0.1) is 12.3 Å². The second-order valence-electron chi connectivity index (χ2n) is 3.52. The molecule has 0 aromatic heterocycles. The lowest BCUT2D eigenvalue weighted by atomic mass is 10.1. The van der Waals surface area contributed by atoms with Gasteiger partial charge in [-0.3, -0.25) is 9.59 Å². The molecule has 0 fully saturated rings. The Bertz CT molecular complexity index is 477. The van der Waals surface area contributed by atoms with Gasteiger partial charge in [0.1, 0.15) is 0 Å². The van der Waals surface area contributed by atoms with E-state index in [-0.39, 0.29) is 18.2 Å². The first-order chi connectivity index (χ1) is 8.69. The number of nitrogens with one attached hydrogen (secondary N) is 2. The van der Waals surface area contributed by atoms with E-state index in [4.69, 9.17) is 12.2 Å². The Labute approximate surface area is 106 Å². The summed E-state index contributed by atoms with van der Waals surface area (Å²) in [6.07, 6.45) is 5.01. The lowest BCUT2D eigenvalue weighted by Crippen LogP contribution is -2.29. The summed E-state index contributed by atoms with van der Waals surface area (Å²) >= 11 is 0. The van der Waals surface area contributed by atoms with Gasteiger partial charge in [-0.2, -0.15) is 0 Å². The van der Waals surface area contributed by atoms with Crippen molar-refractivity contribution in [2.75, 3.05) is 18.4 Å². The van der Waals surface area contributed by atoms with E-state index in [1.807, 2.05) is 0 Å². The summed E-state index contributed by atoms with van der Waals surface area (Å²) in [6, 6.07) is 6.71. The molecule has 0 heterocycles. The highest BCUT2D eigenvalue weighted by Crippen LogP contribution is 2.14. The topological polar surface area (TPSA) is 84.2 Å². The van der Waals surface area contributed by atoms with Crippen molar-refractivity contribution in [3.63, 3.8) is 0 Å². The molecule has 4 N–H and O–H groups in total. The van der Waals surface area contributed by atoms with Crippen LogP contribution in [0.25, 0.3) is 0 Å². The lowest BCUT2D eigenvalue weighted by Gasteiger charge is -2.10. The number of terminal acetylenes is 1. The van der Waals surface area contributed by atoms with Gasteiger partial charge in [0.2, 0.25) is 5.91 Å². The largest absolute Gasteiger partial charge is 0.351 e. The number of carbonyl (C=O) groups excluding carboxylic acids is 2. The second kappa shape index (κ2) is 7.09. The molecule has 0 aliphatic rings. The maximum atomic E-state index is 11.8. The molecule has 5 nitrogen and oxygen atoms in total. The van der Waals surface area contributed by atoms with Crippen molar-refractivity contribution in [1.29, 1.82) is 0 Å². The molecule has 0 saturated heterocycles. The Morgan fingerprint density at radius 3 is 2.72 bits per heavy atom. The highest BCUT2D eigenvalue weighted by atomic mass is 16.2. The predicted octanol–water partition coefficient (Wildman–Crippen LogP) is 0.337. The number of nitrogens with two attached hydrogens (primary N) is 1. The SMILES string of the molecule is C#CCC(=O)Nc1ccccc1C(=O)NCCN. The van der Waals surface area contributed by atoms with E-state index in [2.05, 4.69) is 16.6 Å². The maximum absolute atomic E-state index is 11.8. The van der Waals surface area contributed by atoms with Gasteiger partial charge in [-0.25, -0.2) is 0 Å². The minimum atomic E-state index is -0.323. The Morgan fingerprint density at radius 1 is 1.33 bits per heavy atom. The molecule has 1 rings (SSSR count). The van der Waals surface area contributed by atoms with Crippen molar-refractivity contribution in [3.8, 4) is 12.3 Å². The summed E-state index contributed by atoms with van der Waals surface area (Å²) in [7, 11) is 0. The average molecular weight is 245 g/mol. The van der Waals surface area contributed by atoms with Crippen molar-refractivity contribution in [1.82, 2.24) is 5.32 Å². The van der Waals surface area contributed by atoms with Crippen molar-refractivity contribution >= 4 is 17.5 Å². The van der Waals surface area contributed by atoms with E-state index < -0.39 is 0 Å². The molecule has 0 aliphatic carbocycles. The molecule has 1 aromatic carbocycles. The summed E-state index contributed by atoms with van der Waals surface area (Å²) in [4.78, 5) is 23.2. The van der Waals surface area contributed by atoms with Crippen molar-refractivity contribution in [2.24, 2.45) is 5.73 Å². The van der Waals surface area contributed by atoms with Crippen LogP contribution in [0.2, 0.25) is 0 Å². The van der Waals surface area contributed by atoms with Crippen molar-refractivity contribution in [3.05, 3.63) is 29.8 Å². The summed E-state index contributed by atoms with van der Waals surface area (Å²) in [6.45, 7) is 0.739. The zero-order chi connectivity index (χ0) is 13.4. The molecule has 0 saturated carbocycles. The highest BCUT2D eigenvalue weighted by molar-refractivity contribution is 6.04. The molecule has 94 valence electrons. The molecule has 0 spiro atoms. The van der Waals surface area contributed by atoms with Crippen LogP contribution >= 0.6 is 0 Å². The van der Waals surface area contributed by atoms with Crippen LogP contribution in [0.4, 0.5) is 5.69 Å². The molecule has 0 unspecified atom stereocenters. The van der Waals surface area contributed by atoms with Crippen molar-refractivity contribution in [2.45, 2.75) is 6.42 Å². The zero-order valence-corrected chi connectivity index (χ0v) is 9.90. The van der Waals surface area contributed by atoms with E-state index in [1.54, 1.807) is 24.3 Å². The van der Waals surface area contributed by atoms with Gasteiger partial charge in [-0.05, 0) is 12.1 Å². The van der Waals surface area contributed by atoms with Crippen LogP contribution in [-0.2, 0) is 4.79 Å². The van der Waals surface area contributed by atoms with Crippen LogP contribution in [0.15, 0.2) is 24.3 Å². The Kier molecular flexibility index (Phi) is 5.42. The number of anilines is 1. The van der Waals surface area contributed by atoms with Gasteiger partial charge < -0.3 is 16.4 Å². The summed E-state index contributed by atoms with van der Waals surface area (Å²) < 4.78 is 0. The third-order valence-corrected chi connectivity index (χ3v) is 2.14. The standard InChI is InChI=1S/C13H15N3O2/c1-2-5-12(17)16-11-7-4-3-6-10(11)13(18)15-9-8-14/h1,3-4,6-7H,5,8-9,14H2,(H,15,18)(H,16,17). The number of hydrogen-bond donors (Lipinski definition) is 3. The van der Waals surface area contributed by atoms with E-state index in [1.165, 1.54) is 0 Å². The van der Waals surface area contributed by atoms with Crippen LogP contribution in [0.5, 0.6) is 0 Å². The molecule has 0 radical (unpaired) electrons. The smallest absolute Gasteiger partial charge is 0.253 e. The minimum Gasteiger partial charge on any atom is -0.351 e. The fraction of sp³-hybridized carbons (Fsp3) is 0.231. The van der Waals surface area contributed by atoms with Crippen LogP contribution in [0.1, 0.15) is 16.8 Å². The number of para-hydroxylation sites is 1. The number of amides is 2. The zero-order valence-electron chi connectivity index (χ0n) is 9.90. The average Bonchev–Trinajstić information content (AvgIpc) is 2.37. The Hall–Kier alpha value is -2.32. The predicted molar refractivity (Wildman–Crippen MR) is 69.9 cm³/mol. The van der Waals surface area contributed by atoms with Gasteiger partial charge in [0.05, 0.1) is 17.7 Å². The third-order valence-electron chi connectivity index (χ3n) is 2.14. The first-order valence-corrected chi connectivity index (χ1v) is 5.49. The molecule has 1 aromatic rings. The van der Waals surface area contributed by atoms with Crippen LogP contribution in [-0.4, -0.2) is 24.9 Å². The van der Waals surface area contributed by atoms with Gasteiger partial charge in [0.15, 0.2) is 0 Å². The van der Waals surface area contributed by atoms with Gasteiger partial charge in [-0.1, -0.05) is 18.1 Å². The molecule has 5 heteroatoms. The van der Waals surface area contributed by atoms with Gasteiger partial charge in [0.25, 0.3) is 5.91 Å². The quantitative estimate of drug-likeness (QED) is 0.654. The number of rotatable bonds is 5. The summed E-state index contributed by atoms with van der Waals surface area (Å²) in [5.74, 6) is 1.64. The molecule has 0 atom stereocenters. The highest BCUT2D eigenvalue weighted by Gasteiger charge is 2.11. The first-order valence-electron chi connectivity index (χ1n) is 5.49. The van der Waals surface area contributed by atoms with Gasteiger partial charge in [-0.15, -0.1) is 6.42 Å². The number of hydrogen-bond acceptors (Lipinski definition) is 3. The normalized spacial score (nSPS) is 9.33. The van der Waals surface area contributed by atoms with E-state index in [9.17, 15) is 9.59 Å². The van der Waals surface area contributed by atoms with Crippen LogP contribution in [0.3, 0.4) is 0 Å². The molecular weight excluding hydrogens is 230 g/mol. The molecule has 18 heavy (non-hydrogen) atoms. The van der Waals surface area contributed by atoms with E-state index >= 15 is 0 Å². The van der Waals surface area contributed by atoms with E-state index in [0.29, 0.717) is 24.3 Å².